The number of amides is 2. The summed E-state index contributed by atoms with van der Waals surface area (Å²) < 4.78 is 5.09. The number of aromatic nitrogens is 4. The summed E-state index contributed by atoms with van der Waals surface area (Å²) in [6, 6.07) is 12.3. The molecule has 0 saturated carbocycles. The van der Waals surface area contributed by atoms with Crippen molar-refractivity contribution in [3.8, 4) is 17.1 Å². The van der Waals surface area contributed by atoms with Gasteiger partial charge in [0.25, 0.3) is 0 Å². The van der Waals surface area contributed by atoms with Gasteiger partial charge < -0.3 is 20.1 Å². The molecule has 0 aliphatic carbocycles. The lowest BCUT2D eigenvalue weighted by molar-refractivity contribution is -0.153. The molecule has 11 heteroatoms. The molecule has 0 unspecified atom stereocenters. The molecular weight excluding hydrogens is 488 g/mol. The van der Waals surface area contributed by atoms with Crippen LogP contribution in [-0.2, 0) is 25.7 Å². The molecule has 3 aromatic rings. The second-order valence-corrected chi connectivity index (χ2v) is 9.30. The summed E-state index contributed by atoms with van der Waals surface area (Å²) in [5.74, 6) is -0.987. The standard InChI is InChI=1S/C27H34N6O5/c1-5-38-24(36)17-32(23(35)16-33-30-26(29-31-33)21-8-6-19(4)7-9-21)25(20-10-12-22(34)13-11-20)27(37)28-15-14-18(2)3/h6-13,18,25,34H,5,14-17H2,1-4H3,(H,28,37)/t25-/m1/s1. The van der Waals surface area contributed by atoms with Gasteiger partial charge in [-0.05, 0) is 49.1 Å². The van der Waals surface area contributed by atoms with Crippen molar-refractivity contribution in [3.63, 3.8) is 0 Å². The molecule has 1 atom stereocenters. The molecule has 0 bridgehead atoms. The topological polar surface area (TPSA) is 140 Å². The Balaban J connectivity index is 1.90. The first-order valence-corrected chi connectivity index (χ1v) is 12.5. The van der Waals surface area contributed by atoms with E-state index in [9.17, 15) is 19.5 Å². The summed E-state index contributed by atoms with van der Waals surface area (Å²) in [5.41, 5.74) is 2.25. The van der Waals surface area contributed by atoms with E-state index in [1.165, 1.54) is 24.3 Å². The van der Waals surface area contributed by atoms with Crippen LogP contribution < -0.4 is 5.32 Å². The van der Waals surface area contributed by atoms with Crippen LogP contribution in [-0.4, -0.2) is 67.7 Å². The van der Waals surface area contributed by atoms with Crippen molar-refractivity contribution < 1.29 is 24.2 Å². The Hall–Kier alpha value is -4.28. The fraction of sp³-hybridized carbons (Fsp3) is 0.407. The van der Waals surface area contributed by atoms with Crippen molar-refractivity contribution in [1.82, 2.24) is 30.4 Å². The summed E-state index contributed by atoms with van der Waals surface area (Å²) in [5, 5.41) is 25.0. The van der Waals surface area contributed by atoms with Gasteiger partial charge in [0.05, 0.1) is 6.61 Å². The van der Waals surface area contributed by atoms with E-state index in [0.717, 1.165) is 27.2 Å². The molecule has 1 aromatic heterocycles. The van der Waals surface area contributed by atoms with Crippen molar-refractivity contribution in [2.45, 2.75) is 46.7 Å². The molecule has 11 nitrogen and oxygen atoms in total. The van der Waals surface area contributed by atoms with E-state index < -0.39 is 30.4 Å². The van der Waals surface area contributed by atoms with E-state index >= 15 is 0 Å². The van der Waals surface area contributed by atoms with Gasteiger partial charge in [0.15, 0.2) is 0 Å². The Bertz CT molecular complexity index is 1220. The number of carbonyl (C=O) groups is 3. The average molecular weight is 523 g/mol. The first-order chi connectivity index (χ1) is 18.2. The number of aryl methyl sites for hydroxylation is 1. The molecule has 0 aliphatic heterocycles. The molecule has 2 N–H and O–H groups in total. The molecule has 0 saturated heterocycles. The Morgan fingerprint density at radius 3 is 2.39 bits per heavy atom. The van der Waals surface area contributed by atoms with Gasteiger partial charge in [-0.1, -0.05) is 55.8 Å². The number of rotatable bonds is 12. The summed E-state index contributed by atoms with van der Waals surface area (Å²) >= 11 is 0. The number of tetrazole rings is 1. The van der Waals surface area contributed by atoms with Gasteiger partial charge >= 0.3 is 5.97 Å². The van der Waals surface area contributed by atoms with Crippen LogP contribution in [0.5, 0.6) is 5.75 Å². The third kappa shape index (κ3) is 7.86. The molecule has 0 spiro atoms. The predicted molar refractivity (Wildman–Crippen MR) is 140 cm³/mol. The van der Waals surface area contributed by atoms with E-state index in [0.29, 0.717) is 23.9 Å². The molecule has 1 heterocycles. The Morgan fingerprint density at radius 1 is 1.08 bits per heavy atom. The number of ether oxygens (including phenoxy) is 1. The van der Waals surface area contributed by atoms with Crippen molar-refractivity contribution >= 4 is 17.8 Å². The molecule has 2 aromatic carbocycles. The largest absolute Gasteiger partial charge is 0.508 e. The SMILES string of the molecule is CCOC(=O)CN(C(=O)Cn1nnc(-c2ccc(C)cc2)n1)[C@@H](C(=O)NCCC(C)C)c1ccc(O)cc1. The van der Waals surface area contributed by atoms with Crippen molar-refractivity contribution in [2.24, 2.45) is 5.92 Å². The molecule has 2 amide bonds. The van der Waals surface area contributed by atoms with Gasteiger partial charge in [-0.2, -0.15) is 4.80 Å². The third-order valence-electron chi connectivity index (χ3n) is 5.75. The van der Waals surface area contributed by atoms with Crippen LogP contribution in [0, 0.1) is 12.8 Å². The highest BCUT2D eigenvalue weighted by molar-refractivity contribution is 5.90. The van der Waals surface area contributed by atoms with E-state index in [1.807, 2.05) is 45.0 Å². The fourth-order valence-corrected chi connectivity index (χ4v) is 3.72. The minimum atomic E-state index is -1.15. The van der Waals surface area contributed by atoms with Crippen LogP contribution in [0.25, 0.3) is 11.4 Å². The zero-order chi connectivity index (χ0) is 27.7. The van der Waals surface area contributed by atoms with E-state index in [1.54, 1.807) is 6.92 Å². The number of phenolic OH excluding ortho intramolecular Hbond substituents is 1. The minimum Gasteiger partial charge on any atom is -0.508 e. The fourth-order valence-electron chi connectivity index (χ4n) is 3.72. The minimum absolute atomic E-state index is 0.00596. The third-order valence-corrected chi connectivity index (χ3v) is 5.75. The second-order valence-electron chi connectivity index (χ2n) is 9.30. The molecule has 3 rings (SSSR count). The van der Waals surface area contributed by atoms with Crippen molar-refractivity contribution in [1.29, 1.82) is 0 Å². The lowest BCUT2D eigenvalue weighted by atomic mass is 10.0. The zero-order valence-corrected chi connectivity index (χ0v) is 22.1. The molecule has 0 aliphatic rings. The quantitative estimate of drug-likeness (QED) is 0.346. The highest BCUT2D eigenvalue weighted by Crippen LogP contribution is 2.24. The van der Waals surface area contributed by atoms with E-state index in [-0.39, 0.29) is 18.9 Å². The number of carbonyl (C=O) groups excluding carboxylic acids is 3. The Morgan fingerprint density at radius 2 is 1.76 bits per heavy atom. The maximum Gasteiger partial charge on any atom is 0.325 e. The van der Waals surface area contributed by atoms with Gasteiger partial charge in [0.1, 0.15) is 24.9 Å². The first-order valence-electron chi connectivity index (χ1n) is 12.5. The second kappa shape index (κ2) is 13.3. The number of hydrogen-bond acceptors (Lipinski definition) is 8. The normalized spacial score (nSPS) is 11.7. The maximum absolute atomic E-state index is 13.6. The highest BCUT2D eigenvalue weighted by Gasteiger charge is 2.33. The molecular formula is C27H34N6O5. The van der Waals surface area contributed by atoms with Crippen LogP contribution >= 0.6 is 0 Å². The van der Waals surface area contributed by atoms with Crippen LogP contribution in [0.15, 0.2) is 48.5 Å². The molecule has 0 fully saturated rings. The lowest BCUT2D eigenvalue weighted by Crippen LogP contribution is -2.47. The zero-order valence-electron chi connectivity index (χ0n) is 22.1. The first kappa shape index (κ1) is 28.3. The Kier molecular flexibility index (Phi) is 9.92. The lowest BCUT2D eigenvalue weighted by Gasteiger charge is -2.30. The number of esters is 1. The monoisotopic (exact) mass is 522 g/mol. The van der Waals surface area contributed by atoms with Crippen LogP contribution in [0.1, 0.15) is 44.4 Å². The van der Waals surface area contributed by atoms with Gasteiger partial charge in [-0.15, -0.1) is 10.2 Å². The molecule has 38 heavy (non-hydrogen) atoms. The smallest absolute Gasteiger partial charge is 0.325 e. The van der Waals surface area contributed by atoms with Crippen molar-refractivity contribution in [2.75, 3.05) is 19.7 Å². The van der Waals surface area contributed by atoms with Crippen LogP contribution in [0.2, 0.25) is 0 Å². The van der Waals surface area contributed by atoms with Gasteiger partial charge in [0, 0.05) is 12.1 Å². The number of phenols is 1. The summed E-state index contributed by atoms with van der Waals surface area (Å²) in [6.45, 7) is 7.40. The average Bonchev–Trinajstić information content (AvgIpc) is 3.33. The van der Waals surface area contributed by atoms with Crippen molar-refractivity contribution in [3.05, 3.63) is 59.7 Å². The summed E-state index contributed by atoms with van der Waals surface area (Å²) in [7, 11) is 0. The predicted octanol–water partition coefficient (Wildman–Crippen LogP) is 2.65. The van der Waals surface area contributed by atoms with Gasteiger partial charge in [-0.25, -0.2) is 0 Å². The van der Waals surface area contributed by atoms with E-state index in [2.05, 4.69) is 20.7 Å². The number of nitrogens with one attached hydrogen (secondary N) is 1. The van der Waals surface area contributed by atoms with E-state index in [4.69, 9.17) is 4.74 Å². The van der Waals surface area contributed by atoms with Gasteiger partial charge in [0.2, 0.25) is 17.6 Å². The summed E-state index contributed by atoms with van der Waals surface area (Å²) in [6.07, 6.45) is 0.741. The Labute approximate surface area is 221 Å². The number of aromatic hydroxyl groups is 1. The summed E-state index contributed by atoms with van der Waals surface area (Å²) in [4.78, 5) is 41.7. The molecule has 202 valence electrons. The number of nitrogens with zero attached hydrogens (tertiary/aromatic N) is 5. The van der Waals surface area contributed by atoms with Crippen LogP contribution in [0.4, 0.5) is 0 Å². The number of hydrogen-bond donors (Lipinski definition) is 2. The van der Waals surface area contributed by atoms with Crippen LogP contribution in [0.3, 0.4) is 0 Å². The molecule has 0 radical (unpaired) electrons. The number of benzene rings is 2. The highest BCUT2D eigenvalue weighted by atomic mass is 16.5. The maximum atomic E-state index is 13.6. The van der Waals surface area contributed by atoms with Gasteiger partial charge in [-0.3, -0.25) is 14.4 Å².